The molecule has 2 aliphatic heterocycles. The van der Waals surface area contributed by atoms with Crippen LogP contribution in [-0.4, -0.2) is 42.0 Å². The molecule has 5 heterocycles. The van der Waals surface area contributed by atoms with Crippen LogP contribution in [-0.2, 0) is 19.5 Å². The van der Waals surface area contributed by atoms with Gasteiger partial charge in [-0.25, -0.2) is 0 Å². The highest BCUT2D eigenvalue weighted by molar-refractivity contribution is 7.80. The van der Waals surface area contributed by atoms with Crippen molar-refractivity contribution in [2.24, 2.45) is 4.99 Å². The summed E-state index contributed by atoms with van der Waals surface area (Å²) in [6.07, 6.45) is 2.68. The van der Waals surface area contributed by atoms with Crippen LogP contribution in [0.3, 0.4) is 0 Å². The smallest absolute Gasteiger partial charge is 0.173 e. The second kappa shape index (κ2) is 9.27. The summed E-state index contributed by atoms with van der Waals surface area (Å²) in [5, 5.41) is 15.7. The summed E-state index contributed by atoms with van der Waals surface area (Å²) >= 11 is 14.3. The highest BCUT2D eigenvalue weighted by Crippen LogP contribution is 2.40. The zero-order valence-corrected chi connectivity index (χ0v) is 22.9. The van der Waals surface area contributed by atoms with Crippen LogP contribution >= 0.6 is 35.2 Å². The van der Waals surface area contributed by atoms with Crippen molar-refractivity contribution < 1.29 is 0 Å². The molecule has 38 heavy (non-hydrogen) atoms. The Morgan fingerprint density at radius 2 is 1.95 bits per heavy atom. The number of aliphatic imine (C=N–C) groups is 1. The first-order chi connectivity index (χ1) is 18.6. The maximum atomic E-state index is 6.67. The van der Waals surface area contributed by atoms with Gasteiger partial charge in [0.25, 0.3) is 0 Å². The minimum absolute atomic E-state index is 0.456. The summed E-state index contributed by atoms with van der Waals surface area (Å²) in [6.45, 7) is 3.96. The van der Waals surface area contributed by atoms with E-state index in [2.05, 4.69) is 42.1 Å². The average molecular weight is 556 g/mol. The molecule has 2 aromatic carbocycles. The van der Waals surface area contributed by atoms with Gasteiger partial charge in [-0.3, -0.25) is 14.5 Å². The molecular weight excluding hydrogens is 534 g/mol. The van der Waals surface area contributed by atoms with Crippen molar-refractivity contribution in [3.8, 4) is 5.00 Å². The van der Waals surface area contributed by atoms with Crippen molar-refractivity contribution in [2.45, 2.75) is 26.4 Å². The molecule has 10 heteroatoms. The van der Waals surface area contributed by atoms with E-state index in [4.69, 9.17) is 28.8 Å². The van der Waals surface area contributed by atoms with E-state index >= 15 is 0 Å². The summed E-state index contributed by atoms with van der Waals surface area (Å²) in [5.41, 5.74) is 6.15. The lowest BCUT2D eigenvalue weighted by Gasteiger charge is -2.30. The van der Waals surface area contributed by atoms with E-state index in [0.29, 0.717) is 23.2 Å². The van der Waals surface area contributed by atoms with Gasteiger partial charge in [0.1, 0.15) is 17.4 Å². The number of hydrogen-bond donors (Lipinski definition) is 1. The van der Waals surface area contributed by atoms with Gasteiger partial charge in [0.15, 0.2) is 10.9 Å². The van der Waals surface area contributed by atoms with Gasteiger partial charge in [-0.1, -0.05) is 48.0 Å². The number of hydrogen-bond acceptors (Lipinski definition) is 6. The van der Waals surface area contributed by atoms with Gasteiger partial charge in [-0.15, -0.1) is 21.5 Å². The number of aromatic nitrogens is 4. The number of halogens is 1. The number of pyridine rings is 1. The van der Waals surface area contributed by atoms with Crippen molar-refractivity contribution in [3.63, 3.8) is 0 Å². The van der Waals surface area contributed by atoms with Crippen molar-refractivity contribution in [3.05, 3.63) is 99.0 Å². The summed E-state index contributed by atoms with van der Waals surface area (Å²) in [4.78, 5) is 13.1. The highest BCUT2D eigenvalue weighted by Gasteiger charge is 2.32. The van der Waals surface area contributed by atoms with E-state index in [0.717, 1.165) is 63.0 Å². The number of rotatable bonds is 2. The number of aryl methyl sites for hydroxylation is 1. The van der Waals surface area contributed by atoms with Gasteiger partial charge >= 0.3 is 0 Å². The number of fused-ring (bicyclic) bond motifs is 6. The molecule has 0 saturated carbocycles. The molecule has 7 rings (SSSR count). The molecule has 0 atom stereocenters. The third-order valence-electron chi connectivity index (χ3n) is 7.01. The number of nitrogens with one attached hydrogen (secondary N) is 1. The normalized spacial score (nSPS) is 14.4. The van der Waals surface area contributed by atoms with Gasteiger partial charge in [0, 0.05) is 33.0 Å². The molecule has 2 aliphatic rings. The lowest BCUT2D eigenvalue weighted by atomic mass is 9.95. The Hall–Kier alpha value is -3.66. The van der Waals surface area contributed by atoms with E-state index in [1.165, 1.54) is 10.4 Å². The largest absolute Gasteiger partial charge is 0.344 e. The fourth-order valence-electron chi connectivity index (χ4n) is 5.18. The molecule has 1 N–H and O–H groups in total. The number of thiophene rings is 1. The molecule has 0 amide bonds. The van der Waals surface area contributed by atoms with E-state index < -0.39 is 0 Å². The molecule has 0 spiro atoms. The first-order valence-electron chi connectivity index (χ1n) is 12.3. The second-order valence-electron chi connectivity index (χ2n) is 9.35. The number of benzene rings is 2. The van der Waals surface area contributed by atoms with Crippen LogP contribution in [0.2, 0.25) is 5.02 Å². The molecule has 5 aromatic rings. The minimum atomic E-state index is 0.456. The minimum Gasteiger partial charge on any atom is -0.344 e. The van der Waals surface area contributed by atoms with Crippen LogP contribution in [0.4, 0.5) is 5.69 Å². The number of thiocarbonyl (C=S) groups is 1. The van der Waals surface area contributed by atoms with Crippen molar-refractivity contribution in [2.75, 3.05) is 11.9 Å². The third kappa shape index (κ3) is 3.89. The predicted octanol–water partition coefficient (Wildman–Crippen LogP) is 5.94. The van der Waals surface area contributed by atoms with Crippen LogP contribution in [0.15, 0.2) is 65.8 Å². The summed E-state index contributed by atoms with van der Waals surface area (Å²) in [6, 6.07) is 18.1. The lowest BCUT2D eigenvalue weighted by Crippen LogP contribution is -2.38. The summed E-state index contributed by atoms with van der Waals surface area (Å²) in [7, 11) is 0. The molecular formula is C28H22ClN7S2. The van der Waals surface area contributed by atoms with Gasteiger partial charge in [0.05, 0.1) is 29.7 Å². The van der Waals surface area contributed by atoms with Gasteiger partial charge in [-0.05, 0) is 49.3 Å². The fourth-order valence-corrected chi connectivity index (χ4v) is 7.11. The van der Waals surface area contributed by atoms with E-state index in [9.17, 15) is 0 Å². The van der Waals surface area contributed by atoms with Crippen LogP contribution in [0, 0.1) is 6.92 Å². The first kappa shape index (κ1) is 23.5. The summed E-state index contributed by atoms with van der Waals surface area (Å²) in [5.74, 6) is 1.69. The molecule has 0 bridgehead atoms. The number of anilines is 1. The molecule has 0 unspecified atom stereocenters. The van der Waals surface area contributed by atoms with Crippen molar-refractivity contribution in [1.29, 1.82) is 0 Å². The molecule has 3 aromatic heterocycles. The molecule has 7 nitrogen and oxygen atoms in total. The van der Waals surface area contributed by atoms with Gasteiger partial charge in [-0.2, -0.15) is 0 Å². The monoisotopic (exact) mass is 555 g/mol. The predicted molar refractivity (Wildman–Crippen MR) is 157 cm³/mol. The SMILES string of the molecule is Cc1nnc2n1-c1sc3c(c1C(c1ccccc1Cl)=NC2)CCN(C(=S)Nc1cnc2ccccc2c1)C3. The Bertz CT molecular complexity index is 1770. The van der Waals surface area contributed by atoms with Gasteiger partial charge in [0.2, 0.25) is 0 Å². The van der Waals surface area contributed by atoms with E-state index in [1.54, 1.807) is 11.3 Å². The van der Waals surface area contributed by atoms with Gasteiger partial charge < -0.3 is 10.2 Å². The van der Waals surface area contributed by atoms with E-state index in [-0.39, 0.29) is 0 Å². The first-order valence-corrected chi connectivity index (χ1v) is 13.9. The Balaban J connectivity index is 1.25. The third-order valence-corrected chi connectivity index (χ3v) is 8.90. The quantitative estimate of drug-likeness (QED) is 0.272. The Morgan fingerprint density at radius 3 is 2.84 bits per heavy atom. The fraction of sp³-hybridized carbons (Fsp3) is 0.179. The topological polar surface area (TPSA) is 71.2 Å². The molecule has 0 fully saturated rings. The number of nitrogens with zero attached hydrogens (tertiary/aromatic N) is 6. The zero-order valence-electron chi connectivity index (χ0n) is 20.5. The van der Waals surface area contributed by atoms with Crippen LogP contribution in [0.25, 0.3) is 15.9 Å². The van der Waals surface area contributed by atoms with E-state index in [1.807, 2.05) is 55.6 Å². The van der Waals surface area contributed by atoms with Crippen LogP contribution in [0.1, 0.15) is 33.2 Å². The number of para-hydroxylation sites is 1. The highest BCUT2D eigenvalue weighted by atomic mass is 35.5. The molecule has 188 valence electrons. The van der Waals surface area contributed by atoms with Crippen molar-refractivity contribution in [1.82, 2.24) is 24.6 Å². The van der Waals surface area contributed by atoms with Crippen LogP contribution < -0.4 is 5.32 Å². The lowest BCUT2D eigenvalue weighted by molar-refractivity contribution is 0.405. The Morgan fingerprint density at radius 1 is 1.11 bits per heavy atom. The molecule has 0 saturated heterocycles. The second-order valence-corrected chi connectivity index (χ2v) is 11.2. The average Bonchev–Trinajstić information content (AvgIpc) is 3.44. The van der Waals surface area contributed by atoms with Crippen molar-refractivity contribution >= 4 is 62.6 Å². The molecule has 0 aliphatic carbocycles. The maximum absolute atomic E-state index is 6.67. The Kier molecular flexibility index (Phi) is 5.72. The Labute approximate surface area is 233 Å². The summed E-state index contributed by atoms with van der Waals surface area (Å²) < 4.78 is 2.15. The van der Waals surface area contributed by atoms with Crippen LogP contribution in [0.5, 0.6) is 0 Å². The standard InChI is InChI=1S/C28H22ClN7S2/c1-16-33-34-24-14-31-26(19-7-3-4-8-21(19)29)25-20-10-11-35(15-23(20)38-27(25)36(16)24)28(37)32-18-12-17-6-2-5-9-22(17)30-13-18/h2-9,12-13H,10-11,14-15H2,1H3,(H,32,37). The zero-order chi connectivity index (χ0) is 25.8. The maximum Gasteiger partial charge on any atom is 0.173 e. The molecule has 0 radical (unpaired) electrons.